The van der Waals surface area contributed by atoms with Crippen LogP contribution in [0.25, 0.3) is 5.78 Å². The van der Waals surface area contributed by atoms with Gasteiger partial charge in [0, 0.05) is 13.2 Å². The van der Waals surface area contributed by atoms with Crippen LogP contribution in [0.3, 0.4) is 0 Å². The van der Waals surface area contributed by atoms with Crippen LogP contribution in [0.1, 0.15) is 11.5 Å². The zero-order valence-corrected chi connectivity index (χ0v) is 9.46. The van der Waals surface area contributed by atoms with Crippen LogP contribution in [0, 0.1) is 0 Å². The molecule has 0 atom stereocenters. The molecule has 0 saturated carbocycles. The molecule has 0 amide bonds. The smallest absolute Gasteiger partial charge is 0.377 e. The van der Waals surface area contributed by atoms with Gasteiger partial charge in [-0.1, -0.05) is 0 Å². The van der Waals surface area contributed by atoms with Crippen molar-refractivity contribution in [3.05, 3.63) is 17.6 Å². The highest BCUT2D eigenvalue weighted by Gasteiger charge is 2.33. The minimum Gasteiger partial charge on any atom is -0.377 e. The maximum absolute atomic E-state index is 12.5. The minimum absolute atomic E-state index is 0.0113. The third-order valence-corrected chi connectivity index (χ3v) is 2.22. The number of nitrogens with zero attached hydrogens (tertiary/aromatic N) is 4. The number of thiol groups is 1. The van der Waals surface area contributed by atoms with E-state index in [-0.39, 0.29) is 23.2 Å². The predicted molar refractivity (Wildman–Crippen MR) is 53.7 cm³/mol. The van der Waals surface area contributed by atoms with E-state index >= 15 is 0 Å². The first kappa shape index (κ1) is 12.1. The summed E-state index contributed by atoms with van der Waals surface area (Å²) in [6.45, 7) is 0.0952. The number of hydrogen-bond acceptors (Lipinski definition) is 5. The van der Waals surface area contributed by atoms with Crippen LogP contribution in [0.5, 0.6) is 0 Å². The molecule has 92 valence electrons. The van der Waals surface area contributed by atoms with Crippen molar-refractivity contribution >= 4 is 18.4 Å². The summed E-state index contributed by atoms with van der Waals surface area (Å²) in [4.78, 5) is 7.17. The Morgan fingerprint density at radius 1 is 1.41 bits per heavy atom. The van der Waals surface area contributed by atoms with Gasteiger partial charge in [-0.05, 0) is 0 Å². The molecule has 0 spiro atoms. The number of aromatic nitrogens is 4. The lowest BCUT2D eigenvalue weighted by atomic mass is 10.4. The largest absolute Gasteiger partial charge is 0.433 e. The first-order chi connectivity index (χ1) is 7.91. The summed E-state index contributed by atoms with van der Waals surface area (Å²) >= 11 is 3.91. The Kier molecular flexibility index (Phi) is 2.96. The lowest BCUT2D eigenvalue weighted by Crippen LogP contribution is -2.10. The van der Waals surface area contributed by atoms with Crippen molar-refractivity contribution < 1.29 is 17.9 Å². The second-order valence-corrected chi connectivity index (χ2v) is 3.63. The highest BCUT2D eigenvalue weighted by Crippen LogP contribution is 2.29. The molecule has 5 nitrogen and oxygen atoms in total. The highest BCUT2D eigenvalue weighted by molar-refractivity contribution is 7.80. The maximum atomic E-state index is 12.5. The van der Waals surface area contributed by atoms with E-state index in [9.17, 15) is 13.2 Å². The van der Waals surface area contributed by atoms with E-state index < -0.39 is 11.9 Å². The van der Waals surface area contributed by atoms with Crippen molar-refractivity contribution in [3.63, 3.8) is 0 Å². The monoisotopic (exact) mass is 264 g/mol. The van der Waals surface area contributed by atoms with Gasteiger partial charge >= 0.3 is 6.18 Å². The summed E-state index contributed by atoms with van der Waals surface area (Å²) in [6.07, 6.45) is -4.54. The normalized spacial score (nSPS) is 12.3. The van der Waals surface area contributed by atoms with E-state index in [4.69, 9.17) is 4.74 Å². The molecule has 0 aromatic carbocycles. The molecule has 0 aliphatic carbocycles. The number of fused-ring (bicyclic) bond motifs is 1. The van der Waals surface area contributed by atoms with Crippen molar-refractivity contribution in [2.24, 2.45) is 0 Å². The molecule has 9 heteroatoms. The van der Waals surface area contributed by atoms with Crippen LogP contribution in [-0.2, 0) is 17.5 Å². The number of ether oxygens (including phenoxy) is 1. The zero-order valence-electron chi connectivity index (χ0n) is 8.56. The molecule has 0 unspecified atom stereocenters. The Bertz CT molecular complexity index is 553. The molecule has 0 bridgehead atoms. The van der Waals surface area contributed by atoms with E-state index in [1.807, 2.05) is 0 Å². The Morgan fingerprint density at radius 3 is 2.71 bits per heavy atom. The Hall–Kier alpha value is -1.35. The Labute approximate surface area is 99.0 Å². The fourth-order valence-corrected chi connectivity index (χ4v) is 1.49. The second kappa shape index (κ2) is 4.15. The number of hydrogen-bond donors (Lipinski definition) is 1. The number of halogens is 3. The first-order valence-corrected chi connectivity index (χ1v) is 4.88. The van der Waals surface area contributed by atoms with Crippen molar-refractivity contribution in [1.29, 1.82) is 0 Å². The van der Waals surface area contributed by atoms with Gasteiger partial charge in [-0.2, -0.15) is 22.7 Å². The summed E-state index contributed by atoms with van der Waals surface area (Å²) < 4.78 is 43.3. The molecule has 0 fully saturated rings. The Balaban J connectivity index is 2.57. The van der Waals surface area contributed by atoms with Crippen molar-refractivity contribution in [1.82, 2.24) is 19.6 Å². The van der Waals surface area contributed by atoms with Crippen LogP contribution in [0.4, 0.5) is 13.2 Å². The van der Waals surface area contributed by atoms with Gasteiger partial charge in [-0.25, -0.2) is 4.98 Å². The van der Waals surface area contributed by atoms with E-state index in [1.54, 1.807) is 0 Å². The van der Waals surface area contributed by atoms with Crippen LogP contribution in [0.2, 0.25) is 0 Å². The molecule has 2 rings (SSSR count). The van der Waals surface area contributed by atoms with Gasteiger partial charge in [0.2, 0.25) is 0 Å². The molecule has 2 aromatic rings. The lowest BCUT2D eigenvalue weighted by Gasteiger charge is -2.05. The van der Waals surface area contributed by atoms with Crippen molar-refractivity contribution in [2.75, 3.05) is 7.11 Å². The molecular formula is C8H7F3N4OS. The fourth-order valence-electron chi connectivity index (χ4n) is 1.23. The van der Waals surface area contributed by atoms with Crippen LogP contribution >= 0.6 is 12.6 Å². The molecular weight excluding hydrogens is 257 g/mol. The summed E-state index contributed by atoms with van der Waals surface area (Å²) in [5.41, 5.74) is -1.05. The van der Waals surface area contributed by atoms with Crippen molar-refractivity contribution in [2.45, 2.75) is 17.8 Å². The summed E-state index contributed by atoms with van der Waals surface area (Å²) in [6, 6.07) is 0.793. The SMILES string of the molecule is COCc1nc2nc(C(F)(F)F)cc(S)n2n1. The summed E-state index contributed by atoms with van der Waals surface area (Å²) in [5, 5.41) is 3.91. The Morgan fingerprint density at radius 2 is 2.12 bits per heavy atom. The van der Waals surface area contributed by atoms with Gasteiger partial charge in [-0.15, -0.1) is 17.7 Å². The number of methoxy groups -OCH3 is 1. The van der Waals surface area contributed by atoms with Crippen LogP contribution < -0.4 is 0 Å². The molecule has 2 heterocycles. The molecule has 0 N–H and O–H groups in total. The van der Waals surface area contributed by atoms with E-state index in [0.717, 1.165) is 10.6 Å². The standard InChI is InChI=1S/C8H7F3N4OS/c1-16-3-5-13-7-12-4(8(9,10)11)2-6(17)15(7)14-5/h2,17H,3H2,1H3. The van der Waals surface area contributed by atoms with Gasteiger partial charge in [-0.3, -0.25) is 0 Å². The lowest BCUT2D eigenvalue weighted by molar-refractivity contribution is -0.141. The maximum Gasteiger partial charge on any atom is 0.433 e. The highest BCUT2D eigenvalue weighted by atomic mass is 32.1. The zero-order chi connectivity index (χ0) is 12.6. The summed E-state index contributed by atoms with van der Waals surface area (Å²) in [7, 11) is 1.43. The third-order valence-electron chi connectivity index (χ3n) is 1.90. The van der Waals surface area contributed by atoms with Crippen LogP contribution in [-0.4, -0.2) is 26.7 Å². The van der Waals surface area contributed by atoms with Gasteiger partial charge in [0.05, 0.1) is 0 Å². The second-order valence-electron chi connectivity index (χ2n) is 3.17. The molecule has 0 aliphatic heterocycles. The van der Waals surface area contributed by atoms with E-state index in [2.05, 4.69) is 27.7 Å². The van der Waals surface area contributed by atoms with Gasteiger partial charge in [0.1, 0.15) is 11.6 Å². The number of rotatable bonds is 2. The number of alkyl halides is 3. The molecule has 2 aromatic heterocycles. The average molecular weight is 264 g/mol. The predicted octanol–water partition coefficient (Wildman–Crippen LogP) is 1.58. The van der Waals surface area contributed by atoms with E-state index in [1.165, 1.54) is 7.11 Å². The van der Waals surface area contributed by atoms with Crippen LogP contribution in [0.15, 0.2) is 11.1 Å². The molecule has 0 radical (unpaired) electrons. The molecule has 0 aliphatic rings. The molecule has 17 heavy (non-hydrogen) atoms. The van der Waals surface area contributed by atoms with Gasteiger partial charge in [0.25, 0.3) is 5.78 Å². The minimum atomic E-state index is -4.54. The first-order valence-electron chi connectivity index (χ1n) is 4.43. The topological polar surface area (TPSA) is 52.3 Å². The van der Waals surface area contributed by atoms with Gasteiger partial charge in [0.15, 0.2) is 11.5 Å². The molecule has 0 saturated heterocycles. The van der Waals surface area contributed by atoms with Crippen molar-refractivity contribution in [3.8, 4) is 0 Å². The third kappa shape index (κ3) is 2.34. The summed E-state index contributed by atoms with van der Waals surface area (Å²) in [5.74, 6) is 0.0894. The van der Waals surface area contributed by atoms with Gasteiger partial charge < -0.3 is 4.74 Å². The quantitative estimate of drug-likeness (QED) is 0.661. The van der Waals surface area contributed by atoms with E-state index in [0.29, 0.717) is 0 Å². The fraction of sp³-hybridized carbons (Fsp3) is 0.375. The average Bonchev–Trinajstić information content (AvgIpc) is 2.60.